The van der Waals surface area contributed by atoms with Crippen molar-refractivity contribution in [3.8, 4) is 5.75 Å². The normalized spacial score (nSPS) is 26.5. The molecule has 1 fully saturated rings. The number of rotatable bonds is 1. The van der Waals surface area contributed by atoms with Crippen LogP contribution in [0.1, 0.15) is 17.9 Å². The van der Waals surface area contributed by atoms with E-state index in [1.165, 1.54) is 12.1 Å². The average Bonchev–Trinajstić information content (AvgIpc) is 2.81. The second-order valence-electron chi connectivity index (χ2n) is 5.52. The zero-order chi connectivity index (χ0) is 14.4. The van der Waals surface area contributed by atoms with Gasteiger partial charge in [-0.25, -0.2) is 4.39 Å². The Morgan fingerprint density at radius 2 is 1.86 bits per heavy atom. The monoisotopic (exact) mass is 283 g/mol. The zero-order valence-corrected chi connectivity index (χ0v) is 11.3. The van der Waals surface area contributed by atoms with Gasteiger partial charge in [0.05, 0.1) is 17.6 Å². The van der Waals surface area contributed by atoms with Gasteiger partial charge in [0, 0.05) is 6.42 Å². The fraction of sp³-hybridized carbons (Fsp3) is 0.235. The van der Waals surface area contributed by atoms with Crippen molar-refractivity contribution in [1.29, 1.82) is 0 Å². The van der Waals surface area contributed by atoms with Crippen LogP contribution in [0, 0.1) is 5.82 Å². The second kappa shape index (κ2) is 4.58. The topological polar surface area (TPSA) is 38.3 Å². The molecule has 2 aliphatic rings. The summed E-state index contributed by atoms with van der Waals surface area (Å²) in [5, 5.41) is 3.41. The summed E-state index contributed by atoms with van der Waals surface area (Å²) in [6, 6.07) is 13.7. The van der Waals surface area contributed by atoms with E-state index in [-0.39, 0.29) is 29.7 Å². The van der Waals surface area contributed by atoms with Crippen LogP contribution in [0.3, 0.4) is 0 Å². The minimum absolute atomic E-state index is 0.0992. The third kappa shape index (κ3) is 1.98. The van der Waals surface area contributed by atoms with Crippen molar-refractivity contribution in [1.82, 2.24) is 0 Å². The van der Waals surface area contributed by atoms with Crippen LogP contribution in [-0.4, -0.2) is 17.9 Å². The Hall–Kier alpha value is -2.36. The smallest absolute Gasteiger partial charge is 0.146 e. The van der Waals surface area contributed by atoms with Gasteiger partial charge in [-0.15, -0.1) is 0 Å². The highest BCUT2D eigenvalue weighted by Gasteiger charge is 2.47. The fourth-order valence-electron chi connectivity index (χ4n) is 3.25. The molecule has 0 aromatic heterocycles. The van der Waals surface area contributed by atoms with E-state index in [0.29, 0.717) is 6.42 Å². The quantitative estimate of drug-likeness (QED) is 0.874. The summed E-state index contributed by atoms with van der Waals surface area (Å²) >= 11 is 0. The summed E-state index contributed by atoms with van der Waals surface area (Å²) in [7, 11) is 0. The minimum Gasteiger partial charge on any atom is -0.486 e. The van der Waals surface area contributed by atoms with Crippen molar-refractivity contribution in [3.05, 3.63) is 59.9 Å². The van der Waals surface area contributed by atoms with Crippen LogP contribution in [0.25, 0.3) is 0 Å². The molecule has 1 N–H and O–H groups in total. The van der Waals surface area contributed by atoms with E-state index in [4.69, 9.17) is 4.74 Å². The van der Waals surface area contributed by atoms with E-state index in [2.05, 4.69) is 5.32 Å². The van der Waals surface area contributed by atoms with Crippen molar-refractivity contribution in [3.63, 3.8) is 0 Å². The van der Waals surface area contributed by atoms with Crippen LogP contribution in [0.2, 0.25) is 0 Å². The number of Topliss-reactive ketones (excluding diaryl/α,β-unsaturated/α-hetero) is 1. The first-order chi connectivity index (χ1) is 10.2. The van der Waals surface area contributed by atoms with E-state index in [1.807, 2.05) is 24.3 Å². The molecule has 3 nitrogen and oxygen atoms in total. The number of fused-ring (bicyclic) bond motifs is 2. The molecule has 2 aromatic rings. The molecule has 0 saturated heterocycles. The summed E-state index contributed by atoms with van der Waals surface area (Å²) in [5.41, 5.74) is 1.74. The molecule has 0 bridgehead atoms. The number of benzene rings is 2. The number of hydrogen-bond donors (Lipinski definition) is 1. The first-order valence-corrected chi connectivity index (χ1v) is 7.03. The van der Waals surface area contributed by atoms with Crippen molar-refractivity contribution in [2.75, 3.05) is 5.32 Å². The van der Waals surface area contributed by atoms with Crippen molar-refractivity contribution in [2.24, 2.45) is 0 Å². The number of nitrogens with one attached hydrogen (secondary N) is 1. The molecule has 2 aromatic carbocycles. The van der Waals surface area contributed by atoms with Crippen LogP contribution < -0.4 is 10.1 Å². The predicted octanol–water partition coefficient (Wildman–Crippen LogP) is 3.12. The van der Waals surface area contributed by atoms with Crippen molar-refractivity contribution >= 4 is 11.5 Å². The molecule has 0 spiro atoms. The Balaban J connectivity index is 1.70. The van der Waals surface area contributed by atoms with Crippen molar-refractivity contribution in [2.45, 2.75) is 24.5 Å². The number of halogens is 1. The molecular weight excluding hydrogens is 269 g/mol. The predicted molar refractivity (Wildman–Crippen MR) is 77.0 cm³/mol. The molecule has 1 heterocycles. The molecule has 0 radical (unpaired) electrons. The molecule has 1 saturated carbocycles. The SMILES string of the molecule is O=C1C[C@H]2Oc3ccccc3N[C@H]2[C@@H]1c1ccc(F)cc1. The standard InChI is InChI=1S/C17H14FNO2/c18-11-7-5-10(6-8-11)16-13(20)9-15-17(16)19-12-3-1-2-4-14(12)21-15/h1-8,15-17,19H,9H2/t15-,16-,17-/m1/s1. The molecule has 4 rings (SSSR count). The van der Waals surface area contributed by atoms with Gasteiger partial charge in [-0.1, -0.05) is 24.3 Å². The highest BCUT2D eigenvalue weighted by Crippen LogP contribution is 2.42. The number of ether oxygens (including phenoxy) is 1. The number of hydrogen-bond acceptors (Lipinski definition) is 3. The average molecular weight is 283 g/mol. The summed E-state index contributed by atoms with van der Waals surface area (Å²) in [4.78, 5) is 12.4. The lowest BCUT2D eigenvalue weighted by molar-refractivity contribution is -0.119. The molecule has 1 aliphatic heterocycles. The van der Waals surface area contributed by atoms with Crippen LogP contribution in [0.15, 0.2) is 48.5 Å². The van der Waals surface area contributed by atoms with Gasteiger partial charge in [0.15, 0.2) is 0 Å². The number of carbonyl (C=O) groups excluding carboxylic acids is 1. The van der Waals surface area contributed by atoms with E-state index in [9.17, 15) is 9.18 Å². The lowest BCUT2D eigenvalue weighted by Gasteiger charge is -2.32. The lowest BCUT2D eigenvalue weighted by atomic mass is 9.92. The largest absolute Gasteiger partial charge is 0.486 e. The Bertz CT molecular complexity index is 698. The van der Waals surface area contributed by atoms with Crippen LogP contribution in [0.5, 0.6) is 5.75 Å². The first kappa shape index (κ1) is 12.4. The third-order valence-electron chi connectivity index (χ3n) is 4.23. The van der Waals surface area contributed by atoms with E-state index >= 15 is 0 Å². The molecule has 0 unspecified atom stereocenters. The summed E-state index contributed by atoms with van der Waals surface area (Å²) in [6.07, 6.45) is 0.219. The highest BCUT2D eigenvalue weighted by molar-refractivity contribution is 5.91. The number of anilines is 1. The molecular formula is C17H14FNO2. The van der Waals surface area contributed by atoms with E-state index in [0.717, 1.165) is 17.0 Å². The molecule has 4 heteroatoms. The third-order valence-corrected chi connectivity index (χ3v) is 4.23. The van der Waals surface area contributed by atoms with Crippen LogP contribution in [-0.2, 0) is 4.79 Å². The van der Waals surface area contributed by atoms with Gasteiger partial charge in [-0.3, -0.25) is 4.79 Å². The van der Waals surface area contributed by atoms with Crippen LogP contribution in [0.4, 0.5) is 10.1 Å². The summed E-state index contributed by atoms with van der Waals surface area (Å²) in [6.45, 7) is 0. The van der Waals surface area contributed by atoms with Crippen molar-refractivity contribution < 1.29 is 13.9 Å². The number of carbonyl (C=O) groups is 1. The number of ketones is 1. The maximum Gasteiger partial charge on any atom is 0.146 e. The van der Waals surface area contributed by atoms with Gasteiger partial charge < -0.3 is 10.1 Å². The van der Waals surface area contributed by atoms with Gasteiger partial charge in [0.2, 0.25) is 0 Å². The molecule has 3 atom stereocenters. The molecule has 106 valence electrons. The minimum atomic E-state index is -0.293. The molecule has 21 heavy (non-hydrogen) atoms. The molecule has 1 aliphatic carbocycles. The van der Waals surface area contributed by atoms with Gasteiger partial charge in [-0.05, 0) is 29.8 Å². The molecule has 0 amide bonds. The number of para-hydroxylation sites is 2. The van der Waals surface area contributed by atoms with Gasteiger partial charge in [0.25, 0.3) is 0 Å². The Morgan fingerprint density at radius 3 is 2.67 bits per heavy atom. The first-order valence-electron chi connectivity index (χ1n) is 7.03. The fourth-order valence-corrected chi connectivity index (χ4v) is 3.25. The maximum absolute atomic E-state index is 13.1. The van der Waals surface area contributed by atoms with Gasteiger partial charge >= 0.3 is 0 Å². The Labute approximate surface area is 121 Å². The Morgan fingerprint density at radius 1 is 1.10 bits per heavy atom. The second-order valence-corrected chi connectivity index (χ2v) is 5.52. The maximum atomic E-state index is 13.1. The summed E-state index contributed by atoms with van der Waals surface area (Å²) < 4.78 is 19.0. The van der Waals surface area contributed by atoms with Gasteiger partial charge in [0.1, 0.15) is 23.5 Å². The zero-order valence-electron chi connectivity index (χ0n) is 11.3. The lowest BCUT2D eigenvalue weighted by Crippen LogP contribution is -2.40. The summed E-state index contributed by atoms with van der Waals surface area (Å²) in [5.74, 6) is 0.339. The van der Waals surface area contributed by atoms with Gasteiger partial charge in [-0.2, -0.15) is 0 Å². The van der Waals surface area contributed by atoms with E-state index < -0.39 is 0 Å². The Kier molecular flexibility index (Phi) is 2.70. The highest BCUT2D eigenvalue weighted by atomic mass is 19.1. The van der Waals surface area contributed by atoms with Crippen LogP contribution >= 0.6 is 0 Å². The van der Waals surface area contributed by atoms with E-state index in [1.54, 1.807) is 12.1 Å².